The van der Waals surface area contributed by atoms with Gasteiger partial charge in [-0.05, 0) is 31.5 Å². The first kappa shape index (κ1) is 18.9. The van der Waals surface area contributed by atoms with Crippen LogP contribution in [-0.4, -0.2) is 35.5 Å². The fourth-order valence-electron chi connectivity index (χ4n) is 2.97. The van der Waals surface area contributed by atoms with E-state index in [0.29, 0.717) is 0 Å². The van der Waals surface area contributed by atoms with Gasteiger partial charge in [0.2, 0.25) is 0 Å². The number of carboxylic acid groups (broad SMARTS) is 1. The lowest BCUT2D eigenvalue weighted by molar-refractivity contribution is -0.284. The molecule has 2 aromatic carbocycles. The van der Waals surface area contributed by atoms with Crippen molar-refractivity contribution < 1.29 is 24.2 Å². The third-order valence-electron chi connectivity index (χ3n) is 4.24. The lowest BCUT2D eigenvalue weighted by Crippen LogP contribution is -2.52. The summed E-state index contributed by atoms with van der Waals surface area (Å²) in [6.07, 6.45) is -0.393. The predicted octanol–water partition coefficient (Wildman–Crippen LogP) is 3.40. The molecule has 0 saturated carbocycles. The van der Waals surface area contributed by atoms with Crippen molar-refractivity contribution in [3.63, 3.8) is 0 Å². The maximum Gasteiger partial charge on any atom is 0.337 e. The molecule has 1 fully saturated rings. The molecule has 1 heterocycles. The van der Waals surface area contributed by atoms with Crippen LogP contribution >= 0.6 is 0 Å². The van der Waals surface area contributed by atoms with Gasteiger partial charge in [-0.25, -0.2) is 9.59 Å². The summed E-state index contributed by atoms with van der Waals surface area (Å²) in [6, 6.07) is 14.8. The zero-order chi connectivity index (χ0) is 19.4. The molecule has 2 aromatic rings. The average molecular weight is 370 g/mol. The summed E-state index contributed by atoms with van der Waals surface area (Å²) in [4.78, 5) is 23.8. The standard InChI is InChI=1S/C20H22N2O5/c1-20(2)26-12-16(17(27-20)13-8-4-3-5-9-13)22-19(25)21-15-11-7-6-10-14(15)18(23)24/h3-11,16-17H,12H2,1-2H3,(H,23,24)(H2,21,22,25)/t16-,17+/m0/s1. The average Bonchev–Trinajstić information content (AvgIpc) is 2.64. The molecule has 0 aromatic heterocycles. The molecule has 0 bridgehead atoms. The summed E-state index contributed by atoms with van der Waals surface area (Å²) in [5.74, 6) is -1.88. The van der Waals surface area contributed by atoms with Gasteiger partial charge in [0.15, 0.2) is 5.79 Å². The molecule has 1 saturated heterocycles. The smallest absolute Gasteiger partial charge is 0.337 e. The van der Waals surface area contributed by atoms with Gasteiger partial charge in [0.1, 0.15) is 6.10 Å². The third-order valence-corrected chi connectivity index (χ3v) is 4.24. The number of nitrogens with one attached hydrogen (secondary N) is 2. The van der Waals surface area contributed by atoms with E-state index >= 15 is 0 Å². The molecule has 0 unspecified atom stereocenters. The summed E-state index contributed by atoms with van der Waals surface area (Å²) < 4.78 is 11.7. The largest absolute Gasteiger partial charge is 0.478 e. The van der Waals surface area contributed by atoms with Gasteiger partial charge in [0.05, 0.1) is 23.9 Å². The van der Waals surface area contributed by atoms with Gasteiger partial charge in [-0.2, -0.15) is 0 Å². The normalized spacial score (nSPS) is 21.3. The number of ether oxygens (including phenoxy) is 2. The lowest BCUT2D eigenvalue weighted by Gasteiger charge is -2.41. The molecule has 0 aliphatic carbocycles. The number of benzene rings is 2. The van der Waals surface area contributed by atoms with Crippen molar-refractivity contribution in [2.45, 2.75) is 31.8 Å². The van der Waals surface area contributed by atoms with Gasteiger partial charge in [0, 0.05) is 0 Å². The van der Waals surface area contributed by atoms with E-state index in [1.54, 1.807) is 12.1 Å². The number of hydrogen-bond acceptors (Lipinski definition) is 4. The monoisotopic (exact) mass is 370 g/mol. The highest BCUT2D eigenvalue weighted by molar-refractivity contribution is 6.00. The fourth-order valence-corrected chi connectivity index (χ4v) is 2.97. The minimum atomic E-state index is -1.11. The zero-order valence-corrected chi connectivity index (χ0v) is 15.1. The molecule has 0 radical (unpaired) electrons. The molecule has 7 nitrogen and oxygen atoms in total. The van der Waals surface area contributed by atoms with E-state index in [9.17, 15) is 14.7 Å². The van der Waals surface area contributed by atoms with Crippen LogP contribution in [0.15, 0.2) is 54.6 Å². The number of para-hydroxylation sites is 1. The number of carboxylic acids is 1. The number of rotatable bonds is 4. The van der Waals surface area contributed by atoms with Crippen LogP contribution in [0.3, 0.4) is 0 Å². The van der Waals surface area contributed by atoms with Crippen LogP contribution in [0.1, 0.15) is 35.9 Å². The van der Waals surface area contributed by atoms with Crippen molar-refractivity contribution >= 4 is 17.7 Å². The Kier molecular flexibility index (Phi) is 5.43. The maximum atomic E-state index is 12.5. The van der Waals surface area contributed by atoms with Gasteiger partial charge < -0.3 is 25.2 Å². The van der Waals surface area contributed by atoms with Crippen LogP contribution in [0.25, 0.3) is 0 Å². The first-order chi connectivity index (χ1) is 12.9. The lowest BCUT2D eigenvalue weighted by atomic mass is 10.0. The molecular weight excluding hydrogens is 348 g/mol. The Morgan fingerprint density at radius 3 is 2.44 bits per heavy atom. The highest BCUT2D eigenvalue weighted by atomic mass is 16.7. The zero-order valence-electron chi connectivity index (χ0n) is 15.1. The molecule has 2 amide bonds. The second kappa shape index (κ2) is 7.77. The van der Waals surface area contributed by atoms with Crippen molar-refractivity contribution in [1.82, 2.24) is 5.32 Å². The predicted molar refractivity (Wildman–Crippen MR) is 99.6 cm³/mol. The van der Waals surface area contributed by atoms with E-state index in [1.807, 2.05) is 44.2 Å². The minimum absolute atomic E-state index is 0.0181. The van der Waals surface area contributed by atoms with Gasteiger partial charge in [-0.15, -0.1) is 0 Å². The highest BCUT2D eigenvalue weighted by Crippen LogP contribution is 2.33. The Morgan fingerprint density at radius 2 is 1.74 bits per heavy atom. The van der Waals surface area contributed by atoms with Crippen molar-refractivity contribution in [3.8, 4) is 0 Å². The molecule has 142 valence electrons. The molecule has 3 N–H and O–H groups in total. The summed E-state index contributed by atoms with van der Waals surface area (Å²) in [5.41, 5.74) is 1.16. The van der Waals surface area contributed by atoms with E-state index in [2.05, 4.69) is 10.6 Å². The van der Waals surface area contributed by atoms with Gasteiger partial charge in [0.25, 0.3) is 0 Å². The van der Waals surface area contributed by atoms with Crippen LogP contribution in [0, 0.1) is 0 Å². The number of hydrogen-bond donors (Lipinski definition) is 3. The van der Waals surface area contributed by atoms with Crippen LogP contribution in [-0.2, 0) is 9.47 Å². The number of aromatic carboxylic acids is 1. The van der Waals surface area contributed by atoms with Gasteiger partial charge >= 0.3 is 12.0 Å². The molecule has 27 heavy (non-hydrogen) atoms. The molecule has 7 heteroatoms. The summed E-state index contributed by atoms with van der Waals surface area (Å²) >= 11 is 0. The second-order valence-electron chi connectivity index (χ2n) is 6.72. The maximum absolute atomic E-state index is 12.5. The topological polar surface area (TPSA) is 96.9 Å². The number of anilines is 1. The van der Waals surface area contributed by atoms with Crippen molar-refractivity contribution in [1.29, 1.82) is 0 Å². The Balaban J connectivity index is 1.75. The van der Waals surface area contributed by atoms with Crippen LogP contribution in [0.5, 0.6) is 0 Å². The van der Waals surface area contributed by atoms with E-state index in [4.69, 9.17) is 9.47 Å². The molecule has 3 rings (SSSR count). The summed E-state index contributed by atoms with van der Waals surface area (Å²) in [7, 11) is 0. The van der Waals surface area contributed by atoms with E-state index in [0.717, 1.165) is 5.56 Å². The van der Waals surface area contributed by atoms with Crippen LogP contribution in [0.4, 0.5) is 10.5 Å². The summed E-state index contributed by atoms with van der Waals surface area (Å²) in [5, 5.41) is 14.7. The van der Waals surface area contributed by atoms with E-state index in [-0.39, 0.29) is 17.9 Å². The second-order valence-corrected chi connectivity index (χ2v) is 6.72. The molecule has 1 aliphatic rings. The Bertz CT molecular complexity index is 822. The quantitative estimate of drug-likeness (QED) is 0.766. The van der Waals surface area contributed by atoms with Crippen LogP contribution < -0.4 is 10.6 Å². The number of amides is 2. The van der Waals surface area contributed by atoms with E-state index < -0.39 is 29.9 Å². The Hall–Kier alpha value is -2.90. The van der Waals surface area contributed by atoms with Crippen molar-refractivity contribution in [3.05, 3.63) is 65.7 Å². The number of urea groups is 1. The fraction of sp³-hybridized carbons (Fsp3) is 0.300. The Labute approximate surface area is 157 Å². The van der Waals surface area contributed by atoms with Crippen molar-refractivity contribution in [2.24, 2.45) is 0 Å². The molecule has 0 spiro atoms. The van der Waals surface area contributed by atoms with E-state index in [1.165, 1.54) is 12.1 Å². The Morgan fingerprint density at radius 1 is 1.07 bits per heavy atom. The highest BCUT2D eigenvalue weighted by Gasteiger charge is 2.38. The minimum Gasteiger partial charge on any atom is -0.478 e. The number of carbonyl (C=O) groups is 2. The number of carbonyl (C=O) groups excluding carboxylic acids is 1. The molecule has 1 aliphatic heterocycles. The van der Waals surface area contributed by atoms with Crippen LogP contribution in [0.2, 0.25) is 0 Å². The first-order valence-electron chi connectivity index (χ1n) is 8.62. The third kappa shape index (κ3) is 4.64. The van der Waals surface area contributed by atoms with Gasteiger partial charge in [-0.3, -0.25) is 0 Å². The molecular formula is C20H22N2O5. The first-order valence-corrected chi connectivity index (χ1v) is 8.62. The van der Waals surface area contributed by atoms with Crippen molar-refractivity contribution in [2.75, 3.05) is 11.9 Å². The molecule has 2 atom stereocenters. The summed E-state index contributed by atoms with van der Waals surface area (Å²) in [6.45, 7) is 3.91. The SMILES string of the molecule is CC1(C)OC[C@H](NC(=O)Nc2ccccc2C(=O)O)[C@@H](c2ccccc2)O1. The van der Waals surface area contributed by atoms with Gasteiger partial charge in [-0.1, -0.05) is 42.5 Å².